The van der Waals surface area contributed by atoms with Crippen molar-refractivity contribution in [2.45, 2.75) is 18.9 Å². The van der Waals surface area contributed by atoms with Gasteiger partial charge in [-0.2, -0.15) is 0 Å². The third-order valence-electron chi connectivity index (χ3n) is 2.78. The molecule has 0 unspecified atom stereocenters. The van der Waals surface area contributed by atoms with Crippen LogP contribution in [0.1, 0.15) is 24.4 Å². The van der Waals surface area contributed by atoms with Crippen molar-refractivity contribution in [2.75, 3.05) is 13.6 Å². The smallest absolute Gasteiger partial charge is 0.123 e. The molecular formula is C11H14FN. The topological polar surface area (TPSA) is 3.24 Å². The second-order valence-electron chi connectivity index (χ2n) is 3.69. The molecule has 1 heterocycles. The van der Waals surface area contributed by atoms with Crippen molar-refractivity contribution < 1.29 is 4.39 Å². The van der Waals surface area contributed by atoms with Gasteiger partial charge in [0.2, 0.25) is 0 Å². The van der Waals surface area contributed by atoms with Crippen LogP contribution in [0, 0.1) is 5.82 Å². The van der Waals surface area contributed by atoms with Crippen molar-refractivity contribution in [3.8, 4) is 0 Å². The van der Waals surface area contributed by atoms with Crippen molar-refractivity contribution in [3.63, 3.8) is 0 Å². The minimum absolute atomic E-state index is 0.149. The van der Waals surface area contributed by atoms with Gasteiger partial charge in [0.25, 0.3) is 0 Å². The molecule has 0 bridgehead atoms. The third-order valence-corrected chi connectivity index (χ3v) is 2.78. The average molecular weight is 179 g/mol. The molecule has 1 nitrogen and oxygen atoms in total. The first-order valence-corrected chi connectivity index (χ1v) is 4.73. The highest BCUT2D eigenvalue weighted by atomic mass is 19.1. The van der Waals surface area contributed by atoms with Crippen LogP contribution in [0.25, 0.3) is 0 Å². The van der Waals surface area contributed by atoms with Crippen LogP contribution >= 0.6 is 0 Å². The fraction of sp³-hybridized carbons (Fsp3) is 0.455. The van der Waals surface area contributed by atoms with Crippen molar-refractivity contribution in [1.82, 2.24) is 4.90 Å². The predicted octanol–water partition coefficient (Wildman–Crippen LogP) is 2.59. The standard InChI is InChI=1S/C11H14FN/c1-13-8-2-3-11(13)9-4-6-10(12)7-5-9/h4-7,11H,2-3,8H2,1H3/t11-/m1/s1. The van der Waals surface area contributed by atoms with Crippen molar-refractivity contribution in [3.05, 3.63) is 35.6 Å². The van der Waals surface area contributed by atoms with E-state index >= 15 is 0 Å². The number of hydrogen-bond donors (Lipinski definition) is 0. The summed E-state index contributed by atoms with van der Waals surface area (Å²) < 4.78 is 12.7. The van der Waals surface area contributed by atoms with Gasteiger partial charge < -0.3 is 0 Å². The van der Waals surface area contributed by atoms with Gasteiger partial charge in [-0.25, -0.2) is 4.39 Å². The largest absolute Gasteiger partial charge is 0.299 e. The van der Waals surface area contributed by atoms with Crippen LogP contribution in [0.4, 0.5) is 4.39 Å². The van der Waals surface area contributed by atoms with Gasteiger partial charge in [-0.15, -0.1) is 0 Å². The molecule has 1 aromatic rings. The molecule has 2 heteroatoms. The molecule has 0 aliphatic carbocycles. The highest BCUT2D eigenvalue weighted by molar-refractivity contribution is 5.20. The minimum Gasteiger partial charge on any atom is -0.299 e. The summed E-state index contributed by atoms with van der Waals surface area (Å²) in [4.78, 5) is 2.33. The van der Waals surface area contributed by atoms with E-state index < -0.39 is 0 Å². The summed E-state index contributed by atoms with van der Waals surface area (Å²) in [5.74, 6) is -0.149. The molecule has 0 N–H and O–H groups in total. The van der Waals surface area contributed by atoms with E-state index in [0.717, 1.165) is 6.54 Å². The fourth-order valence-electron chi connectivity index (χ4n) is 2.02. The Morgan fingerprint density at radius 3 is 2.54 bits per heavy atom. The number of halogens is 1. The number of rotatable bonds is 1. The molecule has 1 saturated heterocycles. The summed E-state index contributed by atoms with van der Waals surface area (Å²) in [6.45, 7) is 1.15. The lowest BCUT2D eigenvalue weighted by molar-refractivity contribution is 0.317. The van der Waals surface area contributed by atoms with Gasteiger partial charge in [-0.05, 0) is 44.1 Å². The minimum atomic E-state index is -0.149. The monoisotopic (exact) mass is 179 g/mol. The van der Waals surface area contributed by atoms with Crippen LogP contribution in [0.5, 0.6) is 0 Å². The lowest BCUT2D eigenvalue weighted by Gasteiger charge is -2.19. The molecule has 1 fully saturated rings. The number of likely N-dealkylation sites (tertiary alicyclic amines) is 1. The Hall–Kier alpha value is -0.890. The highest BCUT2D eigenvalue weighted by Gasteiger charge is 2.21. The van der Waals surface area contributed by atoms with E-state index in [4.69, 9.17) is 0 Å². The van der Waals surface area contributed by atoms with Crippen LogP contribution in [0.2, 0.25) is 0 Å². The van der Waals surface area contributed by atoms with Crippen LogP contribution in [-0.2, 0) is 0 Å². The molecule has 1 atom stereocenters. The molecule has 13 heavy (non-hydrogen) atoms. The van der Waals surface area contributed by atoms with Crippen LogP contribution in [-0.4, -0.2) is 18.5 Å². The molecular weight excluding hydrogens is 165 g/mol. The van der Waals surface area contributed by atoms with Crippen molar-refractivity contribution in [2.24, 2.45) is 0 Å². The molecule has 0 saturated carbocycles. The zero-order chi connectivity index (χ0) is 9.26. The third kappa shape index (κ3) is 1.73. The zero-order valence-electron chi connectivity index (χ0n) is 7.83. The maximum absolute atomic E-state index is 12.7. The Labute approximate surface area is 78.2 Å². The molecule has 0 aromatic heterocycles. The Kier molecular flexibility index (Phi) is 2.32. The lowest BCUT2D eigenvalue weighted by Crippen LogP contribution is -2.17. The number of hydrogen-bond acceptors (Lipinski definition) is 1. The van der Waals surface area contributed by atoms with Gasteiger partial charge in [0.05, 0.1) is 0 Å². The highest BCUT2D eigenvalue weighted by Crippen LogP contribution is 2.29. The van der Waals surface area contributed by atoms with Crippen molar-refractivity contribution in [1.29, 1.82) is 0 Å². The molecule has 1 aromatic carbocycles. The molecule has 2 rings (SSSR count). The van der Waals surface area contributed by atoms with E-state index in [1.807, 2.05) is 12.1 Å². The van der Waals surface area contributed by atoms with Gasteiger partial charge >= 0.3 is 0 Å². The SMILES string of the molecule is CN1CCC[C@@H]1c1ccc(F)cc1. The van der Waals surface area contributed by atoms with E-state index in [2.05, 4.69) is 11.9 Å². The molecule has 0 spiro atoms. The number of nitrogens with zero attached hydrogens (tertiary/aromatic N) is 1. The molecule has 0 radical (unpaired) electrons. The first-order chi connectivity index (χ1) is 6.27. The van der Waals surface area contributed by atoms with Gasteiger partial charge in [0.1, 0.15) is 5.82 Å². The number of benzene rings is 1. The first kappa shape index (κ1) is 8.70. The van der Waals surface area contributed by atoms with Gasteiger partial charge in [-0.1, -0.05) is 12.1 Å². The Bertz CT molecular complexity index is 281. The summed E-state index contributed by atoms with van der Waals surface area (Å²) in [5.41, 5.74) is 1.24. The Morgan fingerprint density at radius 2 is 2.00 bits per heavy atom. The van der Waals surface area contributed by atoms with Crippen LogP contribution in [0.3, 0.4) is 0 Å². The summed E-state index contributed by atoms with van der Waals surface area (Å²) in [6, 6.07) is 7.37. The van der Waals surface area contributed by atoms with Gasteiger partial charge in [0.15, 0.2) is 0 Å². The summed E-state index contributed by atoms with van der Waals surface area (Å²) >= 11 is 0. The summed E-state index contributed by atoms with van der Waals surface area (Å²) in [5, 5.41) is 0. The average Bonchev–Trinajstić information content (AvgIpc) is 2.53. The van der Waals surface area contributed by atoms with E-state index in [1.54, 1.807) is 12.1 Å². The van der Waals surface area contributed by atoms with Gasteiger partial charge in [-0.3, -0.25) is 4.90 Å². The van der Waals surface area contributed by atoms with E-state index in [9.17, 15) is 4.39 Å². The van der Waals surface area contributed by atoms with Crippen LogP contribution in [0.15, 0.2) is 24.3 Å². The van der Waals surface area contributed by atoms with E-state index in [1.165, 1.54) is 18.4 Å². The first-order valence-electron chi connectivity index (χ1n) is 4.73. The molecule has 1 aliphatic heterocycles. The molecule has 1 aliphatic rings. The van der Waals surface area contributed by atoms with E-state index in [-0.39, 0.29) is 5.82 Å². The lowest BCUT2D eigenvalue weighted by atomic mass is 10.1. The quantitative estimate of drug-likeness (QED) is 0.640. The second-order valence-corrected chi connectivity index (χ2v) is 3.69. The van der Waals surface area contributed by atoms with E-state index in [0.29, 0.717) is 6.04 Å². The second kappa shape index (κ2) is 3.46. The predicted molar refractivity (Wildman–Crippen MR) is 51.0 cm³/mol. The molecule has 0 amide bonds. The Morgan fingerprint density at radius 1 is 1.31 bits per heavy atom. The van der Waals surface area contributed by atoms with Crippen LogP contribution < -0.4 is 0 Å². The van der Waals surface area contributed by atoms with Crippen molar-refractivity contribution >= 4 is 0 Å². The Balaban J connectivity index is 2.20. The maximum atomic E-state index is 12.7. The fourth-order valence-corrected chi connectivity index (χ4v) is 2.02. The molecule has 70 valence electrons. The normalized spacial score (nSPS) is 23.7. The summed E-state index contributed by atoms with van der Waals surface area (Å²) in [7, 11) is 2.13. The zero-order valence-corrected chi connectivity index (χ0v) is 7.83. The maximum Gasteiger partial charge on any atom is 0.123 e. The van der Waals surface area contributed by atoms with Gasteiger partial charge in [0, 0.05) is 6.04 Å². The summed E-state index contributed by atoms with van der Waals surface area (Å²) in [6.07, 6.45) is 2.45.